The first kappa shape index (κ1) is 11.9. The fourth-order valence-electron chi connectivity index (χ4n) is 1.77. The average Bonchev–Trinajstić information content (AvgIpc) is 2.30. The molecule has 1 aliphatic rings. The van der Waals surface area contributed by atoms with Crippen LogP contribution in [0.2, 0.25) is 0 Å². The SMILES string of the molecule is COC(=O)N(C=N)N1CCC[C@@H](CN)C1. The van der Waals surface area contributed by atoms with Gasteiger partial charge in [0.2, 0.25) is 0 Å². The smallest absolute Gasteiger partial charge is 0.429 e. The molecular weight excluding hydrogens is 196 g/mol. The Bertz CT molecular complexity index is 234. The largest absolute Gasteiger partial charge is 0.452 e. The van der Waals surface area contributed by atoms with E-state index in [4.69, 9.17) is 11.1 Å². The van der Waals surface area contributed by atoms with E-state index in [9.17, 15) is 4.79 Å². The highest BCUT2D eigenvalue weighted by Gasteiger charge is 2.26. The van der Waals surface area contributed by atoms with Crippen LogP contribution in [0.1, 0.15) is 12.8 Å². The molecule has 0 aliphatic carbocycles. The number of hydrogen-bond acceptors (Lipinski definition) is 5. The second kappa shape index (κ2) is 5.67. The van der Waals surface area contributed by atoms with Gasteiger partial charge in [-0.15, -0.1) is 0 Å². The number of nitrogens with two attached hydrogens (primary N) is 1. The molecule has 1 amide bonds. The molecule has 3 N–H and O–H groups in total. The van der Waals surface area contributed by atoms with Crippen molar-refractivity contribution in [3.05, 3.63) is 0 Å². The van der Waals surface area contributed by atoms with E-state index in [2.05, 4.69) is 4.74 Å². The third-order valence-corrected chi connectivity index (χ3v) is 2.62. The number of methoxy groups -OCH3 is 1. The second-order valence-electron chi connectivity index (χ2n) is 3.60. The molecule has 0 spiro atoms. The van der Waals surface area contributed by atoms with E-state index >= 15 is 0 Å². The lowest BCUT2D eigenvalue weighted by molar-refractivity contribution is 0.00960. The van der Waals surface area contributed by atoms with E-state index in [1.807, 2.05) is 0 Å². The summed E-state index contributed by atoms with van der Waals surface area (Å²) in [6, 6.07) is 0. The van der Waals surface area contributed by atoms with Crippen LogP contribution in [0, 0.1) is 11.3 Å². The third kappa shape index (κ3) is 2.90. The summed E-state index contributed by atoms with van der Waals surface area (Å²) in [6.07, 6.45) is 2.52. The zero-order chi connectivity index (χ0) is 11.3. The van der Waals surface area contributed by atoms with Gasteiger partial charge in [-0.2, -0.15) is 5.01 Å². The van der Waals surface area contributed by atoms with Gasteiger partial charge < -0.3 is 10.5 Å². The van der Waals surface area contributed by atoms with Crippen LogP contribution in [0.25, 0.3) is 0 Å². The lowest BCUT2D eigenvalue weighted by Crippen LogP contribution is -2.51. The molecule has 1 rings (SSSR count). The molecule has 0 unspecified atom stereocenters. The van der Waals surface area contributed by atoms with E-state index in [-0.39, 0.29) is 0 Å². The number of hydrazine groups is 1. The molecule has 0 bridgehead atoms. The van der Waals surface area contributed by atoms with E-state index in [1.54, 1.807) is 5.01 Å². The molecule has 6 heteroatoms. The first-order valence-electron chi connectivity index (χ1n) is 5.05. The van der Waals surface area contributed by atoms with Crippen LogP contribution in [0.15, 0.2) is 0 Å². The van der Waals surface area contributed by atoms with Crippen molar-refractivity contribution in [1.29, 1.82) is 5.41 Å². The van der Waals surface area contributed by atoms with Crippen molar-refractivity contribution < 1.29 is 9.53 Å². The van der Waals surface area contributed by atoms with Gasteiger partial charge in [-0.25, -0.2) is 9.80 Å². The van der Waals surface area contributed by atoms with Crippen molar-refractivity contribution in [1.82, 2.24) is 10.0 Å². The number of hydrogen-bond donors (Lipinski definition) is 2. The fourth-order valence-corrected chi connectivity index (χ4v) is 1.77. The van der Waals surface area contributed by atoms with Crippen molar-refractivity contribution in [2.75, 3.05) is 26.7 Å². The Morgan fingerprint density at radius 1 is 1.80 bits per heavy atom. The summed E-state index contributed by atoms with van der Waals surface area (Å²) in [5.74, 6) is 0.394. The molecular formula is C9H18N4O2. The predicted octanol–water partition coefficient (Wildman–Crippen LogP) is 0.248. The van der Waals surface area contributed by atoms with Gasteiger partial charge in [0.05, 0.1) is 7.11 Å². The van der Waals surface area contributed by atoms with Crippen LogP contribution in [-0.4, -0.2) is 49.2 Å². The molecule has 6 nitrogen and oxygen atoms in total. The molecule has 1 heterocycles. The number of ether oxygens (including phenoxy) is 1. The average molecular weight is 214 g/mol. The highest BCUT2D eigenvalue weighted by atomic mass is 16.5. The van der Waals surface area contributed by atoms with E-state index in [0.717, 1.165) is 25.7 Å². The molecule has 15 heavy (non-hydrogen) atoms. The molecule has 1 atom stereocenters. The van der Waals surface area contributed by atoms with Crippen LogP contribution in [0.3, 0.4) is 0 Å². The van der Waals surface area contributed by atoms with E-state index in [0.29, 0.717) is 19.0 Å². The molecule has 0 saturated carbocycles. The zero-order valence-electron chi connectivity index (χ0n) is 8.98. The highest BCUT2D eigenvalue weighted by molar-refractivity contribution is 5.80. The molecule has 1 fully saturated rings. The number of carbonyl (C=O) groups is 1. The van der Waals surface area contributed by atoms with Crippen molar-refractivity contribution in [2.24, 2.45) is 11.7 Å². The summed E-state index contributed by atoms with van der Waals surface area (Å²) >= 11 is 0. The van der Waals surface area contributed by atoms with Crippen LogP contribution in [0.5, 0.6) is 0 Å². The number of amides is 1. The standard InChI is InChI=1S/C9H18N4O2/c1-15-9(14)13(7-11)12-4-2-3-8(5-10)6-12/h7-8,11H,2-6,10H2,1H3/t8-/m0/s1. The van der Waals surface area contributed by atoms with Crippen LogP contribution >= 0.6 is 0 Å². The van der Waals surface area contributed by atoms with Crippen molar-refractivity contribution >= 4 is 12.4 Å². The normalized spacial score (nSPS) is 22.1. The summed E-state index contributed by atoms with van der Waals surface area (Å²) in [5, 5.41) is 10.2. The summed E-state index contributed by atoms with van der Waals surface area (Å²) in [5.41, 5.74) is 5.60. The Morgan fingerprint density at radius 2 is 2.53 bits per heavy atom. The van der Waals surface area contributed by atoms with Crippen molar-refractivity contribution in [3.8, 4) is 0 Å². The van der Waals surface area contributed by atoms with Crippen molar-refractivity contribution in [3.63, 3.8) is 0 Å². The Morgan fingerprint density at radius 3 is 3.07 bits per heavy atom. The summed E-state index contributed by atoms with van der Waals surface area (Å²) in [4.78, 5) is 11.3. The summed E-state index contributed by atoms with van der Waals surface area (Å²) < 4.78 is 4.59. The third-order valence-electron chi connectivity index (χ3n) is 2.62. The maximum atomic E-state index is 11.3. The van der Waals surface area contributed by atoms with Gasteiger partial charge in [0.1, 0.15) is 6.34 Å². The number of rotatable bonds is 3. The quantitative estimate of drug-likeness (QED) is 0.521. The van der Waals surface area contributed by atoms with Gasteiger partial charge in [-0.05, 0) is 25.3 Å². The molecule has 0 aromatic heterocycles. The Hall–Kier alpha value is -1.14. The number of carbonyl (C=O) groups excluding carboxylic acids is 1. The second-order valence-corrected chi connectivity index (χ2v) is 3.60. The van der Waals surface area contributed by atoms with E-state index < -0.39 is 6.09 Å². The molecule has 0 aromatic carbocycles. The summed E-state index contributed by atoms with van der Waals surface area (Å²) in [6.45, 7) is 2.09. The molecule has 0 aromatic rings. The number of nitrogens with zero attached hydrogens (tertiary/aromatic N) is 2. The van der Waals surface area contributed by atoms with Gasteiger partial charge >= 0.3 is 6.09 Å². The first-order valence-corrected chi connectivity index (χ1v) is 5.05. The highest BCUT2D eigenvalue weighted by Crippen LogP contribution is 2.16. The van der Waals surface area contributed by atoms with Crippen LogP contribution in [-0.2, 0) is 4.74 Å². The minimum atomic E-state index is -0.525. The number of piperidine rings is 1. The van der Waals surface area contributed by atoms with Gasteiger partial charge in [0.15, 0.2) is 0 Å². The molecule has 86 valence electrons. The van der Waals surface area contributed by atoms with E-state index in [1.165, 1.54) is 12.1 Å². The minimum Gasteiger partial charge on any atom is -0.452 e. The van der Waals surface area contributed by atoms with Crippen LogP contribution < -0.4 is 5.73 Å². The maximum absolute atomic E-state index is 11.3. The predicted molar refractivity (Wildman–Crippen MR) is 56.4 cm³/mol. The Labute approximate surface area is 89.4 Å². The molecule has 1 saturated heterocycles. The molecule has 0 radical (unpaired) electrons. The zero-order valence-corrected chi connectivity index (χ0v) is 8.98. The minimum absolute atomic E-state index is 0.394. The fraction of sp³-hybridized carbons (Fsp3) is 0.778. The van der Waals surface area contributed by atoms with Crippen molar-refractivity contribution in [2.45, 2.75) is 12.8 Å². The van der Waals surface area contributed by atoms with Gasteiger partial charge in [0, 0.05) is 13.1 Å². The lowest BCUT2D eigenvalue weighted by Gasteiger charge is -2.36. The topological polar surface area (TPSA) is 82.7 Å². The Kier molecular flexibility index (Phi) is 4.51. The Balaban J connectivity index is 2.59. The van der Waals surface area contributed by atoms with Gasteiger partial charge in [-0.1, -0.05) is 0 Å². The molecule has 1 aliphatic heterocycles. The maximum Gasteiger partial charge on any atom is 0.429 e. The number of nitrogens with one attached hydrogen (secondary N) is 1. The van der Waals surface area contributed by atoms with Gasteiger partial charge in [-0.3, -0.25) is 5.41 Å². The lowest BCUT2D eigenvalue weighted by atomic mass is 9.99. The monoisotopic (exact) mass is 214 g/mol. The summed E-state index contributed by atoms with van der Waals surface area (Å²) in [7, 11) is 1.31. The van der Waals surface area contributed by atoms with Gasteiger partial charge in [0.25, 0.3) is 0 Å². The van der Waals surface area contributed by atoms with Crippen LogP contribution in [0.4, 0.5) is 4.79 Å². The first-order chi connectivity index (χ1) is 7.22.